The van der Waals surface area contributed by atoms with Gasteiger partial charge in [0.05, 0.1) is 0 Å². The Labute approximate surface area is 328 Å². The van der Waals surface area contributed by atoms with E-state index in [1.807, 2.05) is 0 Å². The molecule has 0 saturated carbocycles. The molecular weight excluding hydrogens is 675 g/mol. The van der Waals surface area contributed by atoms with Crippen LogP contribution in [-0.2, 0) is 0 Å². The van der Waals surface area contributed by atoms with Crippen molar-refractivity contribution in [3.8, 4) is 44.5 Å². The number of benzene rings is 10. The Morgan fingerprint density at radius 2 is 0.750 bits per heavy atom. The Kier molecular flexibility index (Phi) is 8.46. The third kappa shape index (κ3) is 6.10. The summed E-state index contributed by atoms with van der Waals surface area (Å²) in [6.07, 6.45) is 0. The van der Waals surface area contributed by atoms with Crippen molar-refractivity contribution in [2.24, 2.45) is 0 Å². The first-order valence-corrected chi connectivity index (χ1v) is 19.3. The van der Waals surface area contributed by atoms with Gasteiger partial charge >= 0.3 is 0 Å². The normalized spacial score (nSPS) is 11.3. The Morgan fingerprint density at radius 3 is 1.39 bits per heavy atom. The fraction of sp³-hybridized carbons (Fsp3) is 0.0182. The summed E-state index contributed by atoms with van der Waals surface area (Å²) in [5.74, 6) is 0. The number of hydrogen-bond donors (Lipinski definition) is 0. The first kappa shape index (κ1) is 33.4. The van der Waals surface area contributed by atoms with Crippen LogP contribution in [0.5, 0.6) is 0 Å². The van der Waals surface area contributed by atoms with Gasteiger partial charge in [-0.2, -0.15) is 0 Å². The van der Waals surface area contributed by atoms with Crippen LogP contribution in [0.1, 0.15) is 5.56 Å². The summed E-state index contributed by atoms with van der Waals surface area (Å²) in [5.41, 5.74) is 14.3. The smallest absolute Gasteiger partial charge is 0.0474 e. The van der Waals surface area contributed by atoms with E-state index in [0.717, 1.165) is 17.1 Å². The lowest BCUT2D eigenvalue weighted by Gasteiger charge is -2.27. The maximum atomic E-state index is 2.40. The van der Waals surface area contributed by atoms with Crippen molar-refractivity contribution >= 4 is 49.4 Å². The number of fused-ring (bicyclic) bond motifs is 3. The van der Waals surface area contributed by atoms with Crippen LogP contribution in [0.3, 0.4) is 0 Å². The molecule has 0 heterocycles. The summed E-state index contributed by atoms with van der Waals surface area (Å²) in [6.45, 7) is 2.14. The van der Waals surface area contributed by atoms with Crippen molar-refractivity contribution in [3.05, 3.63) is 224 Å². The Hall–Kier alpha value is -7.22. The van der Waals surface area contributed by atoms with Crippen LogP contribution in [0.2, 0.25) is 0 Å². The zero-order valence-corrected chi connectivity index (χ0v) is 31.2. The molecule has 0 bridgehead atoms. The van der Waals surface area contributed by atoms with Crippen molar-refractivity contribution in [2.45, 2.75) is 6.92 Å². The van der Waals surface area contributed by atoms with Crippen molar-refractivity contribution in [1.82, 2.24) is 0 Å². The number of anilines is 3. The SMILES string of the molecule is Cc1ccc(-c2cccc3cccc(-c4ccc(N(c5ccc(-c6ccccc6)cc5)c5cc(-c6cccc7ccccc67)c6ccccc6c5)cc4)c23)cc1. The standard InChI is InChI=1S/C55H39N/c1-38-24-26-42(27-25-38)51-21-10-17-44-18-11-22-52(55(44)51)43-30-34-47(35-31-43)56(46-32-28-40(29-33-46)39-12-3-2-4-13-39)48-36-45-15-6-8-20-50(45)54(37-48)53-23-9-16-41-14-5-7-19-49(41)53/h2-37H,1H3. The molecule has 0 fully saturated rings. The highest BCUT2D eigenvalue weighted by atomic mass is 15.1. The fourth-order valence-corrected chi connectivity index (χ4v) is 8.33. The predicted octanol–water partition coefficient (Wildman–Crippen LogP) is 15.6. The lowest BCUT2D eigenvalue weighted by Crippen LogP contribution is -2.10. The Morgan fingerprint density at radius 1 is 0.286 bits per heavy atom. The van der Waals surface area contributed by atoms with Crippen molar-refractivity contribution < 1.29 is 0 Å². The van der Waals surface area contributed by atoms with Gasteiger partial charge in [0, 0.05) is 17.1 Å². The second-order valence-corrected chi connectivity index (χ2v) is 14.6. The molecule has 0 atom stereocenters. The van der Waals surface area contributed by atoms with Gasteiger partial charge in [0.2, 0.25) is 0 Å². The van der Waals surface area contributed by atoms with Crippen LogP contribution in [0, 0.1) is 6.92 Å². The molecule has 0 saturated heterocycles. The summed E-state index contributed by atoms with van der Waals surface area (Å²) in [5, 5.41) is 7.44. The number of nitrogens with zero attached hydrogens (tertiary/aromatic N) is 1. The van der Waals surface area contributed by atoms with Crippen molar-refractivity contribution in [2.75, 3.05) is 4.90 Å². The number of hydrogen-bond acceptors (Lipinski definition) is 1. The van der Waals surface area contributed by atoms with Crippen LogP contribution >= 0.6 is 0 Å². The summed E-state index contributed by atoms with van der Waals surface area (Å²) in [4.78, 5) is 2.40. The van der Waals surface area contributed by atoms with Crippen LogP contribution < -0.4 is 4.90 Å². The largest absolute Gasteiger partial charge is 0.310 e. The average molecular weight is 714 g/mol. The summed E-state index contributed by atoms with van der Waals surface area (Å²) >= 11 is 0. The zero-order chi connectivity index (χ0) is 37.4. The molecule has 264 valence electrons. The van der Waals surface area contributed by atoms with Crippen molar-refractivity contribution in [3.63, 3.8) is 0 Å². The molecule has 1 heteroatoms. The molecule has 0 radical (unpaired) electrons. The molecular formula is C55H39N. The summed E-state index contributed by atoms with van der Waals surface area (Å²) < 4.78 is 0. The van der Waals surface area contributed by atoms with Gasteiger partial charge in [-0.1, -0.05) is 188 Å². The highest BCUT2D eigenvalue weighted by Crippen LogP contribution is 2.43. The third-order valence-electron chi connectivity index (χ3n) is 11.1. The Balaban J connectivity index is 1.14. The van der Waals surface area contributed by atoms with Crippen LogP contribution in [0.15, 0.2) is 218 Å². The van der Waals surface area contributed by atoms with Gasteiger partial charge in [-0.15, -0.1) is 0 Å². The van der Waals surface area contributed by atoms with E-state index in [9.17, 15) is 0 Å². The van der Waals surface area contributed by atoms with Gasteiger partial charge in [0.15, 0.2) is 0 Å². The maximum Gasteiger partial charge on any atom is 0.0474 e. The molecule has 0 aliphatic carbocycles. The van der Waals surface area contributed by atoms with E-state index in [0.29, 0.717) is 0 Å². The topological polar surface area (TPSA) is 3.24 Å². The molecule has 10 aromatic rings. The van der Waals surface area contributed by atoms with E-state index in [-0.39, 0.29) is 0 Å². The van der Waals surface area contributed by atoms with Gasteiger partial charge in [0.1, 0.15) is 0 Å². The van der Waals surface area contributed by atoms with Gasteiger partial charge in [-0.05, 0) is 120 Å². The van der Waals surface area contributed by atoms with Gasteiger partial charge in [-0.25, -0.2) is 0 Å². The molecule has 1 nitrogen and oxygen atoms in total. The average Bonchev–Trinajstić information content (AvgIpc) is 3.27. The molecule has 0 amide bonds. The zero-order valence-electron chi connectivity index (χ0n) is 31.2. The highest BCUT2D eigenvalue weighted by Gasteiger charge is 2.18. The van der Waals surface area contributed by atoms with Crippen LogP contribution in [0.4, 0.5) is 17.1 Å². The van der Waals surface area contributed by atoms with Crippen LogP contribution in [-0.4, -0.2) is 0 Å². The van der Waals surface area contributed by atoms with Crippen LogP contribution in [0.25, 0.3) is 76.8 Å². The monoisotopic (exact) mass is 713 g/mol. The van der Waals surface area contributed by atoms with E-state index in [4.69, 9.17) is 0 Å². The number of aryl methyl sites for hydroxylation is 1. The maximum absolute atomic E-state index is 2.40. The van der Waals surface area contributed by atoms with E-state index in [1.165, 1.54) is 82.4 Å². The minimum Gasteiger partial charge on any atom is -0.310 e. The first-order chi connectivity index (χ1) is 27.7. The van der Waals surface area contributed by atoms with Gasteiger partial charge < -0.3 is 4.90 Å². The number of rotatable bonds is 7. The fourth-order valence-electron chi connectivity index (χ4n) is 8.33. The molecule has 0 N–H and O–H groups in total. The molecule has 10 rings (SSSR count). The second kappa shape index (κ2) is 14.2. The molecule has 0 spiro atoms. The van der Waals surface area contributed by atoms with Crippen molar-refractivity contribution in [1.29, 1.82) is 0 Å². The van der Waals surface area contributed by atoms with Gasteiger partial charge in [0.25, 0.3) is 0 Å². The first-order valence-electron chi connectivity index (χ1n) is 19.3. The second-order valence-electron chi connectivity index (χ2n) is 14.6. The quantitative estimate of drug-likeness (QED) is 0.159. The van der Waals surface area contributed by atoms with E-state index >= 15 is 0 Å². The molecule has 0 unspecified atom stereocenters. The van der Waals surface area contributed by atoms with E-state index in [1.54, 1.807) is 0 Å². The van der Waals surface area contributed by atoms with E-state index in [2.05, 4.69) is 230 Å². The molecule has 0 aliphatic heterocycles. The predicted molar refractivity (Wildman–Crippen MR) is 240 cm³/mol. The minimum atomic E-state index is 1.10. The third-order valence-corrected chi connectivity index (χ3v) is 11.1. The highest BCUT2D eigenvalue weighted by molar-refractivity contribution is 6.08. The van der Waals surface area contributed by atoms with E-state index < -0.39 is 0 Å². The van der Waals surface area contributed by atoms with Gasteiger partial charge in [-0.3, -0.25) is 0 Å². The minimum absolute atomic E-state index is 1.10. The molecule has 10 aromatic carbocycles. The summed E-state index contributed by atoms with van der Waals surface area (Å²) in [6, 6.07) is 79.7. The molecule has 0 aromatic heterocycles. The lowest BCUT2D eigenvalue weighted by molar-refractivity contribution is 1.29. The Bertz CT molecular complexity index is 2990. The lowest BCUT2D eigenvalue weighted by atomic mass is 9.91. The molecule has 0 aliphatic rings. The summed E-state index contributed by atoms with van der Waals surface area (Å²) in [7, 11) is 0. The molecule has 56 heavy (non-hydrogen) atoms.